The number of nitrogens with zero attached hydrogens (tertiary/aromatic N) is 2. The van der Waals surface area contributed by atoms with Crippen molar-refractivity contribution in [1.82, 2.24) is 15.2 Å². The molecule has 1 aromatic heterocycles. The van der Waals surface area contributed by atoms with Gasteiger partial charge in [-0.25, -0.2) is 4.39 Å². The molecule has 1 aliphatic heterocycles. The topological polar surface area (TPSA) is 62.3 Å². The lowest BCUT2D eigenvalue weighted by Gasteiger charge is -2.36. The van der Waals surface area contributed by atoms with Gasteiger partial charge in [-0.05, 0) is 35.9 Å². The van der Waals surface area contributed by atoms with Crippen molar-refractivity contribution in [2.45, 2.75) is 18.9 Å². The highest BCUT2D eigenvalue weighted by Gasteiger charge is 2.28. The fraction of sp³-hybridized carbons (Fsp3) is 0.316. The number of pyridine rings is 1. The molecular weight excluding hydrogens is 357 g/mol. The summed E-state index contributed by atoms with van der Waals surface area (Å²) >= 11 is 0. The number of carbonyl (C=O) groups excluding carboxylic acids is 2. The number of aromatic nitrogens is 1. The predicted octanol–water partition coefficient (Wildman–Crippen LogP) is 2.78. The summed E-state index contributed by atoms with van der Waals surface area (Å²) < 4.78 is 12.9. The molecular formula is C19H21ClFN3O2. The van der Waals surface area contributed by atoms with Gasteiger partial charge in [0.25, 0.3) is 0 Å². The van der Waals surface area contributed by atoms with Crippen LogP contribution in [-0.2, 0) is 4.79 Å². The molecule has 2 heterocycles. The monoisotopic (exact) mass is 377 g/mol. The summed E-state index contributed by atoms with van der Waals surface area (Å²) in [5.41, 5.74) is 1.41. The molecule has 0 aliphatic carbocycles. The van der Waals surface area contributed by atoms with E-state index < -0.39 is 0 Å². The second-order valence-electron chi connectivity index (χ2n) is 6.02. The molecule has 138 valence electrons. The number of Topliss-reactive ketones (excluding diaryl/α,β-unsaturated/α-hetero) is 1. The number of nitrogens with one attached hydrogen (secondary N) is 1. The van der Waals surface area contributed by atoms with Gasteiger partial charge in [-0.2, -0.15) is 0 Å². The number of ketones is 1. The minimum absolute atomic E-state index is 0. The van der Waals surface area contributed by atoms with E-state index in [1.54, 1.807) is 12.4 Å². The lowest BCUT2D eigenvalue weighted by atomic mass is 10.0. The van der Waals surface area contributed by atoms with Crippen molar-refractivity contribution in [3.63, 3.8) is 0 Å². The van der Waals surface area contributed by atoms with E-state index in [9.17, 15) is 14.0 Å². The summed E-state index contributed by atoms with van der Waals surface area (Å²) in [4.78, 5) is 30.8. The van der Waals surface area contributed by atoms with E-state index in [-0.39, 0.29) is 48.8 Å². The Morgan fingerprint density at radius 1 is 1.19 bits per heavy atom. The smallest absolute Gasteiger partial charge is 0.223 e. The minimum atomic E-state index is -0.382. The second-order valence-corrected chi connectivity index (χ2v) is 6.02. The summed E-state index contributed by atoms with van der Waals surface area (Å²) in [5, 5.41) is 3.29. The highest BCUT2D eigenvalue weighted by Crippen LogP contribution is 2.22. The van der Waals surface area contributed by atoms with Crippen LogP contribution in [0.25, 0.3) is 0 Å². The molecule has 1 unspecified atom stereocenters. The number of hydrogen-bond acceptors (Lipinski definition) is 4. The Hall–Kier alpha value is -2.31. The third-order valence-corrected chi connectivity index (χ3v) is 4.37. The zero-order valence-corrected chi connectivity index (χ0v) is 15.0. The minimum Gasteiger partial charge on any atom is -0.333 e. The fourth-order valence-corrected chi connectivity index (χ4v) is 3.02. The average molecular weight is 378 g/mol. The molecule has 1 atom stereocenters. The molecule has 0 saturated carbocycles. The first-order valence-corrected chi connectivity index (χ1v) is 8.34. The van der Waals surface area contributed by atoms with Gasteiger partial charge in [0, 0.05) is 50.4 Å². The van der Waals surface area contributed by atoms with Crippen LogP contribution in [0, 0.1) is 5.82 Å². The van der Waals surface area contributed by atoms with Crippen LogP contribution in [0.1, 0.15) is 34.8 Å². The van der Waals surface area contributed by atoms with Crippen molar-refractivity contribution in [2.75, 3.05) is 19.6 Å². The number of hydrogen-bond donors (Lipinski definition) is 1. The van der Waals surface area contributed by atoms with E-state index in [0.29, 0.717) is 18.7 Å². The third-order valence-electron chi connectivity index (χ3n) is 4.37. The van der Waals surface area contributed by atoms with Crippen LogP contribution in [0.15, 0.2) is 48.8 Å². The maximum atomic E-state index is 12.9. The Labute approximate surface area is 158 Å². The first-order chi connectivity index (χ1) is 12.1. The lowest BCUT2D eigenvalue weighted by molar-refractivity contribution is -0.134. The average Bonchev–Trinajstić information content (AvgIpc) is 2.67. The summed E-state index contributed by atoms with van der Waals surface area (Å²) in [6.07, 6.45) is 3.73. The number of carbonyl (C=O) groups is 2. The molecule has 1 fully saturated rings. The van der Waals surface area contributed by atoms with Crippen LogP contribution in [0.2, 0.25) is 0 Å². The zero-order chi connectivity index (χ0) is 17.6. The van der Waals surface area contributed by atoms with Crippen LogP contribution in [-0.4, -0.2) is 41.2 Å². The number of rotatable bonds is 5. The van der Waals surface area contributed by atoms with Gasteiger partial charge < -0.3 is 10.2 Å². The van der Waals surface area contributed by atoms with E-state index in [1.165, 1.54) is 24.3 Å². The summed E-state index contributed by atoms with van der Waals surface area (Å²) in [6.45, 7) is 2.00. The van der Waals surface area contributed by atoms with Gasteiger partial charge >= 0.3 is 0 Å². The SMILES string of the molecule is Cl.O=C(CCC(=O)N1CCNCC1c1cccnc1)c1ccc(F)cc1. The molecule has 3 rings (SSSR count). The van der Waals surface area contributed by atoms with E-state index in [2.05, 4.69) is 10.3 Å². The van der Waals surface area contributed by atoms with Crippen molar-refractivity contribution in [1.29, 1.82) is 0 Å². The Kier molecular flexibility index (Phi) is 7.24. The molecule has 0 spiro atoms. The zero-order valence-electron chi connectivity index (χ0n) is 14.2. The van der Waals surface area contributed by atoms with Crippen LogP contribution in [0.3, 0.4) is 0 Å². The molecule has 2 aromatic rings. The molecule has 1 N–H and O–H groups in total. The van der Waals surface area contributed by atoms with Gasteiger partial charge in [0.1, 0.15) is 5.82 Å². The van der Waals surface area contributed by atoms with E-state index >= 15 is 0 Å². The van der Waals surface area contributed by atoms with Crippen molar-refractivity contribution >= 4 is 24.1 Å². The van der Waals surface area contributed by atoms with Gasteiger partial charge in [-0.15, -0.1) is 12.4 Å². The third kappa shape index (κ3) is 4.86. The van der Waals surface area contributed by atoms with Gasteiger partial charge in [0.2, 0.25) is 5.91 Å². The molecule has 7 heteroatoms. The van der Waals surface area contributed by atoms with Gasteiger partial charge in [0.05, 0.1) is 6.04 Å². The van der Waals surface area contributed by atoms with Crippen LogP contribution >= 0.6 is 12.4 Å². The molecule has 5 nitrogen and oxygen atoms in total. The maximum Gasteiger partial charge on any atom is 0.223 e. The Morgan fingerprint density at radius 3 is 2.65 bits per heavy atom. The normalized spacial score (nSPS) is 16.7. The Morgan fingerprint density at radius 2 is 1.96 bits per heavy atom. The Balaban J connectivity index is 0.00000243. The second kappa shape index (κ2) is 9.40. The first kappa shape index (κ1) is 20.0. The van der Waals surface area contributed by atoms with Crippen molar-refractivity contribution in [3.05, 3.63) is 65.7 Å². The van der Waals surface area contributed by atoms with E-state index in [0.717, 1.165) is 12.1 Å². The van der Waals surface area contributed by atoms with E-state index in [1.807, 2.05) is 17.0 Å². The molecule has 1 aromatic carbocycles. The molecule has 26 heavy (non-hydrogen) atoms. The van der Waals surface area contributed by atoms with Gasteiger partial charge in [-0.1, -0.05) is 6.07 Å². The van der Waals surface area contributed by atoms with Gasteiger partial charge in [0.15, 0.2) is 5.78 Å². The molecule has 1 aliphatic rings. The maximum absolute atomic E-state index is 12.9. The van der Waals surface area contributed by atoms with E-state index in [4.69, 9.17) is 0 Å². The molecule has 1 amide bonds. The van der Waals surface area contributed by atoms with Crippen molar-refractivity contribution in [2.24, 2.45) is 0 Å². The van der Waals surface area contributed by atoms with Gasteiger partial charge in [-0.3, -0.25) is 14.6 Å². The highest BCUT2D eigenvalue weighted by molar-refractivity contribution is 5.97. The van der Waals surface area contributed by atoms with Crippen LogP contribution < -0.4 is 5.32 Å². The molecule has 1 saturated heterocycles. The molecule has 0 bridgehead atoms. The number of amides is 1. The number of benzene rings is 1. The number of halogens is 2. The van der Waals surface area contributed by atoms with Crippen molar-refractivity contribution < 1.29 is 14.0 Å². The quantitative estimate of drug-likeness (QED) is 0.814. The highest BCUT2D eigenvalue weighted by atomic mass is 35.5. The first-order valence-electron chi connectivity index (χ1n) is 8.34. The summed E-state index contributed by atoms with van der Waals surface area (Å²) in [7, 11) is 0. The molecule has 0 radical (unpaired) electrons. The fourth-order valence-electron chi connectivity index (χ4n) is 3.02. The van der Waals surface area contributed by atoms with Crippen LogP contribution in [0.5, 0.6) is 0 Å². The standard InChI is InChI=1S/C19H20FN3O2.ClH/c20-16-5-3-14(4-6-16)18(24)7-8-19(25)23-11-10-22-13-17(23)15-2-1-9-21-12-15;/h1-6,9,12,17,22H,7-8,10-11,13H2;1H. The number of piperazine rings is 1. The largest absolute Gasteiger partial charge is 0.333 e. The summed E-state index contributed by atoms with van der Waals surface area (Å²) in [6, 6.07) is 9.14. The summed E-state index contributed by atoms with van der Waals surface area (Å²) in [5.74, 6) is -0.583. The Bertz CT molecular complexity index is 740. The lowest BCUT2D eigenvalue weighted by Crippen LogP contribution is -2.48. The van der Waals surface area contributed by atoms with Crippen molar-refractivity contribution in [3.8, 4) is 0 Å². The van der Waals surface area contributed by atoms with Crippen LogP contribution in [0.4, 0.5) is 4.39 Å². The predicted molar refractivity (Wildman–Crippen MR) is 98.8 cm³/mol.